The predicted octanol–water partition coefficient (Wildman–Crippen LogP) is 2.76. The maximum atomic E-state index is 12.3. The Morgan fingerprint density at radius 2 is 1.76 bits per heavy atom. The fraction of sp³-hybridized carbons (Fsp3) is 0.261. The number of ether oxygens (including phenoxy) is 1. The van der Waals surface area contributed by atoms with Gasteiger partial charge in [-0.15, -0.1) is 0 Å². The monoisotopic (exact) mass is 484 g/mol. The molecular formula is C23H28N6O4S. The number of rotatable bonds is 10. The first-order valence-corrected chi connectivity index (χ1v) is 12.0. The van der Waals surface area contributed by atoms with Gasteiger partial charge in [-0.1, -0.05) is 0 Å². The van der Waals surface area contributed by atoms with E-state index in [2.05, 4.69) is 25.3 Å². The Kier molecular flexibility index (Phi) is 8.16. The molecule has 0 aliphatic rings. The largest absolute Gasteiger partial charge is 0.455 e. The van der Waals surface area contributed by atoms with Crippen LogP contribution in [-0.2, 0) is 10.2 Å². The van der Waals surface area contributed by atoms with E-state index in [1.807, 2.05) is 26.0 Å². The molecule has 11 heteroatoms. The van der Waals surface area contributed by atoms with E-state index >= 15 is 0 Å². The molecule has 0 saturated carbocycles. The molecule has 1 aromatic carbocycles. The van der Waals surface area contributed by atoms with Gasteiger partial charge in [0.15, 0.2) is 0 Å². The van der Waals surface area contributed by atoms with Gasteiger partial charge in [0, 0.05) is 56.4 Å². The Morgan fingerprint density at radius 1 is 1.03 bits per heavy atom. The van der Waals surface area contributed by atoms with Crippen molar-refractivity contribution in [1.29, 1.82) is 0 Å². The standard InChI is InChI=1S/C23H28N6O4S/c1-16-5-10-21(17(2)27-16)33-20-11-12-24-22(15-20)28-19-8-6-18(7-9-19)23(30)25-13-14-26-34(31,32)29(3)4/h5-12,15,26H,13-14H2,1-4H3,(H,24,28)(H,25,30). The van der Waals surface area contributed by atoms with Crippen LogP contribution in [0.1, 0.15) is 21.7 Å². The molecule has 34 heavy (non-hydrogen) atoms. The van der Waals surface area contributed by atoms with Gasteiger partial charge in [-0.3, -0.25) is 9.78 Å². The van der Waals surface area contributed by atoms with E-state index < -0.39 is 10.2 Å². The minimum atomic E-state index is -3.52. The molecule has 2 aromatic heterocycles. The Morgan fingerprint density at radius 3 is 2.44 bits per heavy atom. The highest BCUT2D eigenvalue weighted by Crippen LogP contribution is 2.26. The molecule has 1 amide bonds. The number of pyridine rings is 2. The molecule has 0 atom stereocenters. The number of anilines is 2. The number of hydrogen-bond acceptors (Lipinski definition) is 7. The molecule has 0 spiro atoms. The molecular weight excluding hydrogens is 456 g/mol. The Balaban J connectivity index is 1.55. The van der Waals surface area contributed by atoms with Crippen LogP contribution in [0.15, 0.2) is 54.7 Å². The lowest BCUT2D eigenvalue weighted by atomic mass is 10.2. The summed E-state index contributed by atoms with van der Waals surface area (Å²) in [4.78, 5) is 21.0. The van der Waals surface area contributed by atoms with E-state index in [0.29, 0.717) is 22.9 Å². The lowest BCUT2D eigenvalue weighted by molar-refractivity contribution is 0.0954. The average Bonchev–Trinajstić information content (AvgIpc) is 2.79. The van der Waals surface area contributed by atoms with Crippen LogP contribution in [0.4, 0.5) is 11.5 Å². The Hall–Kier alpha value is -3.54. The second kappa shape index (κ2) is 11.1. The van der Waals surface area contributed by atoms with Gasteiger partial charge >= 0.3 is 0 Å². The number of carbonyl (C=O) groups is 1. The van der Waals surface area contributed by atoms with Gasteiger partial charge < -0.3 is 15.4 Å². The molecule has 0 bridgehead atoms. The number of aryl methyl sites for hydroxylation is 2. The second-order valence-electron chi connectivity index (χ2n) is 7.66. The maximum Gasteiger partial charge on any atom is 0.278 e. The molecule has 3 N–H and O–H groups in total. The number of nitrogens with one attached hydrogen (secondary N) is 3. The van der Waals surface area contributed by atoms with Crippen molar-refractivity contribution in [3.63, 3.8) is 0 Å². The van der Waals surface area contributed by atoms with Crippen LogP contribution in [0.3, 0.4) is 0 Å². The minimum absolute atomic E-state index is 0.0914. The number of amides is 1. The van der Waals surface area contributed by atoms with Crippen molar-refractivity contribution in [2.45, 2.75) is 13.8 Å². The van der Waals surface area contributed by atoms with Crippen molar-refractivity contribution in [1.82, 2.24) is 24.3 Å². The number of hydrogen-bond donors (Lipinski definition) is 3. The van der Waals surface area contributed by atoms with Crippen molar-refractivity contribution >= 4 is 27.6 Å². The van der Waals surface area contributed by atoms with Crippen LogP contribution < -0.4 is 20.1 Å². The van der Waals surface area contributed by atoms with E-state index in [9.17, 15) is 13.2 Å². The van der Waals surface area contributed by atoms with Crippen LogP contribution in [-0.4, -0.2) is 55.8 Å². The smallest absolute Gasteiger partial charge is 0.278 e. The Bertz CT molecular complexity index is 1250. The van der Waals surface area contributed by atoms with Gasteiger partial charge in [0.1, 0.15) is 17.3 Å². The third-order valence-electron chi connectivity index (χ3n) is 4.73. The van der Waals surface area contributed by atoms with Crippen molar-refractivity contribution in [3.05, 3.63) is 71.7 Å². The summed E-state index contributed by atoms with van der Waals surface area (Å²) >= 11 is 0. The maximum absolute atomic E-state index is 12.3. The predicted molar refractivity (Wildman–Crippen MR) is 131 cm³/mol. The summed E-state index contributed by atoms with van der Waals surface area (Å²) in [6.45, 7) is 4.08. The first-order valence-electron chi connectivity index (χ1n) is 10.5. The molecule has 2 heterocycles. The normalized spacial score (nSPS) is 11.3. The number of aromatic nitrogens is 2. The summed E-state index contributed by atoms with van der Waals surface area (Å²) in [5.74, 6) is 1.58. The van der Waals surface area contributed by atoms with Crippen molar-refractivity contribution in [2.75, 3.05) is 32.5 Å². The fourth-order valence-corrected chi connectivity index (χ4v) is 3.51. The summed E-state index contributed by atoms with van der Waals surface area (Å²) in [5, 5.41) is 5.86. The first kappa shape index (κ1) is 25.1. The topological polar surface area (TPSA) is 126 Å². The van der Waals surface area contributed by atoms with Crippen LogP contribution in [0.2, 0.25) is 0 Å². The number of benzene rings is 1. The van der Waals surface area contributed by atoms with Gasteiger partial charge in [0.25, 0.3) is 16.1 Å². The number of carbonyl (C=O) groups excluding carboxylic acids is 1. The zero-order valence-corrected chi connectivity index (χ0v) is 20.3. The fourth-order valence-electron chi connectivity index (χ4n) is 2.89. The van der Waals surface area contributed by atoms with E-state index in [4.69, 9.17) is 4.74 Å². The zero-order valence-electron chi connectivity index (χ0n) is 19.5. The minimum Gasteiger partial charge on any atom is -0.455 e. The highest BCUT2D eigenvalue weighted by atomic mass is 32.2. The summed E-state index contributed by atoms with van der Waals surface area (Å²) in [6, 6.07) is 14.2. The third kappa shape index (κ3) is 6.98. The molecule has 3 rings (SSSR count). The second-order valence-corrected chi connectivity index (χ2v) is 9.62. The lowest BCUT2D eigenvalue weighted by Crippen LogP contribution is -2.40. The highest BCUT2D eigenvalue weighted by Gasteiger charge is 2.12. The van der Waals surface area contributed by atoms with Gasteiger partial charge in [-0.25, -0.2) is 9.71 Å². The molecule has 0 unspecified atom stereocenters. The Labute approximate surface area is 199 Å². The van der Waals surface area contributed by atoms with Crippen LogP contribution in [0, 0.1) is 13.8 Å². The van der Waals surface area contributed by atoms with Crippen molar-refractivity contribution in [2.24, 2.45) is 0 Å². The molecule has 0 fully saturated rings. The molecule has 0 aliphatic carbocycles. The summed E-state index contributed by atoms with van der Waals surface area (Å²) in [5.41, 5.74) is 2.92. The van der Waals surface area contributed by atoms with Crippen LogP contribution in [0.25, 0.3) is 0 Å². The number of nitrogens with zero attached hydrogens (tertiary/aromatic N) is 3. The molecule has 0 saturated heterocycles. The molecule has 10 nitrogen and oxygen atoms in total. The van der Waals surface area contributed by atoms with Crippen LogP contribution >= 0.6 is 0 Å². The summed E-state index contributed by atoms with van der Waals surface area (Å²) in [7, 11) is -0.659. The first-order chi connectivity index (χ1) is 16.1. The molecule has 0 aliphatic heterocycles. The zero-order chi connectivity index (χ0) is 24.7. The van der Waals surface area contributed by atoms with E-state index in [1.165, 1.54) is 14.1 Å². The van der Waals surface area contributed by atoms with Crippen molar-refractivity contribution < 1.29 is 17.9 Å². The summed E-state index contributed by atoms with van der Waals surface area (Å²) < 4.78 is 32.7. The van der Waals surface area contributed by atoms with Gasteiger partial charge in [-0.2, -0.15) is 12.7 Å². The molecule has 3 aromatic rings. The van der Waals surface area contributed by atoms with Gasteiger partial charge in [-0.05, 0) is 56.3 Å². The van der Waals surface area contributed by atoms with Gasteiger partial charge in [0.05, 0.1) is 5.69 Å². The highest BCUT2D eigenvalue weighted by molar-refractivity contribution is 7.87. The SMILES string of the molecule is Cc1ccc(Oc2ccnc(Nc3ccc(C(=O)NCCNS(=O)(=O)N(C)C)cc3)c2)c(C)n1. The van der Waals surface area contributed by atoms with Gasteiger partial charge in [0.2, 0.25) is 0 Å². The van der Waals surface area contributed by atoms with Crippen molar-refractivity contribution in [3.8, 4) is 11.5 Å². The lowest BCUT2D eigenvalue weighted by Gasteiger charge is -2.13. The van der Waals surface area contributed by atoms with E-state index in [-0.39, 0.29) is 19.0 Å². The molecule has 0 radical (unpaired) electrons. The van der Waals surface area contributed by atoms with E-state index in [0.717, 1.165) is 21.4 Å². The third-order valence-corrected chi connectivity index (χ3v) is 6.26. The van der Waals surface area contributed by atoms with Crippen LogP contribution in [0.5, 0.6) is 11.5 Å². The average molecular weight is 485 g/mol. The molecule has 180 valence electrons. The van der Waals surface area contributed by atoms with E-state index in [1.54, 1.807) is 42.6 Å². The quantitative estimate of drug-likeness (QED) is 0.378. The summed E-state index contributed by atoms with van der Waals surface area (Å²) in [6.07, 6.45) is 1.64.